The highest BCUT2D eigenvalue weighted by atomic mass is 15.5. The fourth-order valence-corrected chi connectivity index (χ4v) is 2.98. The summed E-state index contributed by atoms with van der Waals surface area (Å²) in [5, 5.41) is 17.0. The molecule has 0 fully saturated rings. The van der Waals surface area contributed by atoms with Crippen LogP contribution in [-0.2, 0) is 0 Å². The van der Waals surface area contributed by atoms with Crippen LogP contribution in [0.4, 0.5) is 5.82 Å². The molecular formula is C21H20N10. The minimum absolute atomic E-state index is 0.268. The number of allylic oxidation sites excluding steroid dienone is 4. The van der Waals surface area contributed by atoms with Gasteiger partial charge in [0.05, 0.1) is 30.6 Å². The average molecular weight is 412 g/mol. The molecule has 0 atom stereocenters. The number of imidazole rings is 2. The normalized spacial score (nSPS) is 12.1. The number of rotatable bonds is 7. The molecule has 31 heavy (non-hydrogen) atoms. The van der Waals surface area contributed by atoms with Crippen LogP contribution in [0.15, 0.2) is 73.5 Å². The first-order valence-electron chi connectivity index (χ1n) is 9.48. The second-order valence-electron chi connectivity index (χ2n) is 6.42. The molecule has 154 valence electrons. The zero-order valence-electron chi connectivity index (χ0n) is 17.0. The van der Waals surface area contributed by atoms with E-state index in [1.807, 2.05) is 58.8 Å². The topological polar surface area (TPSA) is 114 Å². The van der Waals surface area contributed by atoms with Crippen molar-refractivity contribution in [3.05, 3.63) is 79.2 Å². The summed E-state index contributed by atoms with van der Waals surface area (Å²) < 4.78 is 3.67. The van der Waals surface area contributed by atoms with Gasteiger partial charge in [-0.2, -0.15) is 15.2 Å². The monoisotopic (exact) mass is 412 g/mol. The number of anilines is 1. The van der Waals surface area contributed by atoms with Crippen molar-refractivity contribution < 1.29 is 0 Å². The van der Waals surface area contributed by atoms with Crippen LogP contribution in [0.2, 0.25) is 0 Å². The Bertz CT molecular complexity index is 1310. The fourth-order valence-electron chi connectivity index (χ4n) is 2.98. The van der Waals surface area contributed by atoms with Crippen molar-refractivity contribution >= 4 is 17.7 Å². The highest BCUT2D eigenvalue weighted by Gasteiger charge is 2.14. The highest BCUT2D eigenvalue weighted by Crippen LogP contribution is 2.24. The molecule has 0 bridgehead atoms. The third-order valence-corrected chi connectivity index (χ3v) is 4.38. The van der Waals surface area contributed by atoms with Gasteiger partial charge in [0.25, 0.3) is 0 Å². The van der Waals surface area contributed by atoms with Gasteiger partial charge < -0.3 is 15.3 Å². The van der Waals surface area contributed by atoms with Gasteiger partial charge in [0.2, 0.25) is 0 Å². The molecule has 0 aromatic carbocycles. The maximum atomic E-state index is 9.50. The molecule has 0 saturated carbocycles. The zero-order valence-corrected chi connectivity index (χ0v) is 17.0. The molecule has 4 aromatic heterocycles. The third kappa shape index (κ3) is 4.20. The minimum atomic E-state index is 0.268. The molecule has 0 saturated heterocycles. The smallest absolute Gasteiger partial charge is 0.181 e. The highest BCUT2D eigenvalue weighted by molar-refractivity contribution is 5.72. The van der Waals surface area contributed by atoms with Crippen molar-refractivity contribution in [2.75, 3.05) is 17.8 Å². The molecule has 4 heterocycles. The molecule has 0 aliphatic carbocycles. The van der Waals surface area contributed by atoms with Crippen LogP contribution in [0.5, 0.6) is 0 Å². The Hall–Kier alpha value is -4.65. The zero-order chi connectivity index (χ0) is 21.6. The SMILES string of the molecule is C\C=C/C(=C\C=C\n1ccnc1)Nc1nc(C#N)cn2c(-c3cnn(NC)c3)cnc12. The standard InChI is InChI=1S/C21H20N10/c1-3-5-17(6-4-8-29-9-7-24-15-29)27-20-21-25-12-19(16-11-26-31(13-16)23-2)30(21)14-18(10-22)28-20/h3-9,11-15,23H,1-2H3,(H,27,28)/b5-3-,8-4+,17-6+. The van der Waals surface area contributed by atoms with Crippen LogP contribution >= 0.6 is 0 Å². The minimum Gasteiger partial charge on any atom is -0.337 e. The molecule has 4 aromatic rings. The van der Waals surface area contributed by atoms with Gasteiger partial charge in [0.15, 0.2) is 17.2 Å². The van der Waals surface area contributed by atoms with Gasteiger partial charge in [-0.25, -0.2) is 15.0 Å². The molecule has 10 heteroatoms. The summed E-state index contributed by atoms with van der Waals surface area (Å²) >= 11 is 0. The Morgan fingerprint density at radius 1 is 1.26 bits per heavy atom. The quantitative estimate of drug-likeness (QED) is 0.449. The molecule has 2 N–H and O–H groups in total. The summed E-state index contributed by atoms with van der Waals surface area (Å²) in [6.07, 6.45) is 21.7. The van der Waals surface area contributed by atoms with Gasteiger partial charge in [0.1, 0.15) is 6.07 Å². The molecule has 0 aliphatic rings. The fraction of sp³-hybridized carbons (Fsp3) is 0.0952. The molecule has 0 spiro atoms. The number of hydrogen-bond donors (Lipinski definition) is 2. The third-order valence-electron chi connectivity index (χ3n) is 4.38. The number of fused-ring (bicyclic) bond motifs is 1. The van der Waals surface area contributed by atoms with Crippen LogP contribution in [0.25, 0.3) is 23.1 Å². The molecular weight excluding hydrogens is 392 g/mol. The lowest BCUT2D eigenvalue weighted by Crippen LogP contribution is -2.08. The van der Waals surface area contributed by atoms with E-state index in [-0.39, 0.29) is 5.69 Å². The number of hydrogen-bond acceptors (Lipinski definition) is 7. The summed E-state index contributed by atoms with van der Waals surface area (Å²) in [7, 11) is 1.78. The number of nitrogens with one attached hydrogen (secondary N) is 2. The Morgan fingerprint density at radius 2 is 2.16 bits per heavy atom. The Balaban J connectivity index is 1.73. The summed E-state index contributed by atoms with van der Waals surface area (Å²) in [6.45, 7) is 1.93. The van der Waals surface area contributed by atoms with Crippen molar-refractivity contribution in [3.8, 4) is 17.3 Å². The molecule has 4 rings (SSSR count). The Labute approximate surface area is 178 Å². The van der Waals surface area contributed by atoms with Crippen LogP contribution in [0.1, 0.15) is 12.6 Å². The van der Waals surface area contributed by atoms with Crippen molar-refractivity contribution in [1.82, 2.24) is 33.8 Å². The van der Waals surface area contributed by atoms with E-state index in [0.29, 0.717) is 11.5 Å². The largest absolute Gasteiger partial charge is 0.337 e. The number of nitrogens with zero attached hydrogens (tertiary/aromatic N) is 8. The van der Waals surface area contributed by atoms with Gasteiger partial charge >= 0.3 is 0 Å². The predicted octanol–water partition coefficient (Wildman–Crippen LogP) is 2.88. The van der Waals surface area contributed by atoms with E-state index in [1.54, 1.807) is 43.0 Å². The lowest BCUT2D eigenvalue weighted by molar-refractivity contribution is 0.782. The van der Waals surface area contributed by atoms with Crippen LogP contribution < -0.4 is 10.7 Å². The lowest BCUT2D eigenvalue weighted by Gasteiger charge is -2.09. The number of nitriles is 1. The van der Waals surface area contributed by atoms with E-state index in [2.05, 4.69) is 36.9 Å². The van der Waals surface area contributed by atoms with Gasteiger partial charge in [-0.15, -0.1) is 0 Å². The molecule has 0 radical (unpaired) electrons. The maximum Gasteiger partial charge on any atom is 0.181 e. The first-order chi connectivity index (χ1) is 15.2. The van der Waals surface area contributed by atoms with Crippen molar-refractivity contribution in [1.29, 1.82) is 5.26 Å². The molecule has 0 aliphatic heterocycles. The van der Waals surface area contributed by atoms with Crippen molar-refractivity contribution in [2.45, 2.75) is 6.92 Å². The van der Waals surface area contributed by atoms with E-state index >= 15 is 0 Å². The summed E-state index contributed by atoms with van der Waals surface area (Å²) in [6, 6.07) is 2.12. The summed E-state index contributed by atoms with van der Waals surface area (Å²) in [4.78, 5) is 14.6. The second kappa shape index (κ2) is 8.79. The Morgan fingerprint density at radius 3 is 2.87 bits per heavy atom. The summed E-state index contributed by atoms with van der Waals surface area (Å²) in [5.41, 5.74) is 6.24. The van der Waals surface area contributed by atoms with Crippen LogP contribution in [0, 0.1) is 11.3 Å². The van der Waals surface area contributed by atoms with E-state index in [1.165, 1.54) is 0 Å². The van der Waals surface area contributed by atoms with Crippen LogP contribution in [0.3, 0.4) is 0 Å². The average Bonchev–Trinajstić information content (AvgIpc) is 3.53. The van der Waals surface area contributed by atoms with Gasteiger partial charge in [0, 0.05) is 43.1 Å². The second-order valence-corrected chi connectivity index (χ2v) is 6.42. The number of aromatic nitrogens is 7. The van der Waals surface area contributed by atoms with E-state index in [0.717, 1.165) is 17.0 Å². The molecule has 10 nitrogen and oxygen atoms in total. The van der Waals surface area contributed by atoms with E-state index in [9.17, 15) is 5.26 Å². The van der Waals surface area contributed by atoms with Gasteiger partial charge in [-0.05, 0) is 25.2 Å². The maximum absolute atomic E-state index is 9.50. The van der Waals surface area contributed by atoms with Crippen molar-refractivity contribution in [3.63, 3.8) is 0 Å². The van der Waals surface area contributed by atoms with E-state index < -0.39 is 0 Å². The summed E-state index contributed by atoms with van der Waals surface area (Å²) in [5.74, 6) is 0.478. The lowest BCUT2D eigenvalue weighted by atomic mass is 10.3. The first-order valence-corrected chi connectivity index (χ1v) is 9.48. The van der Waals surface area contributed by atoms with Gasteiger partial charge in [-0.1, -0.05) is 6.08 Å². The Kier molecular flexibility index (Phi) is 5.57. The van der Waals surface area contributed by atoms with E-state index in [4.69, 9.17) is 0 Å². The molecule has 0 unspecified atom stereocenters. The van der Waals surface area contributed by atoms with Gasteiger partial charge in [-0.3, -0.25) is 4.40 Å². The first kappa shape index (κ1) is 19.7. The predicted molar refractivity (Wildman–Crippen MR) is 118 cm³/mol. The molecule has 0 amide bonds. The van der Waals surface area contributed by atoms with Crippen molar-refractivity contribution in [2.24, 2.45) is 0 Å². The van der Waals surface area contributed by atoms with Crippen LogP contribution in [-0.4, -0.2) is 40.9 Å².